The minimum Gasteiger partial charge on any atom is -0.497 e. The lowest BCUT2D eigenvalue weighted by atomic mass is 9.89. The predicted molar refractivity (Wildman–Crippen MR) is 137 cm³/mol. The van der Waals surface area contributed by atoms with E-state index in [9.17, 15) is 8.42 Å². The van der Waals surface area contributed by atoms with Gasteiger partial charge in [-0.2, -0.15) is 4.31 Å². The van der Waals surface area contributed by atoms with E-state index in [4.69, 9.17) is 14.7 Å². The first-order chi connectivity index (χ1) is 16.4. The molecule has 3 aromatic rings. The Kier molecular flexibility index (Phi) is 6.52. The topological polar surface area (TPSA) is 75.6 Å². The van der Waals surface area contributed by atoms with Crippen molar-refractivity contribution in [2.24, 2.45) is 5.92 Å². The quantitative estimate of drug-likeness (QED) is 0.503. The van der Waals surface area contributed by atoms with E-state index in [2.05, 4.69) is 18.7 Å². The highest BCUT2D eigenvalue weighted by molar-refractivity contribution is 7.89. The van der Waals surface area contributed by atoms with Crippen molar-refractivity contribution >= 4 is 37.4 Å². The summed E-state index contributed by atoms with van der Waals surface area (Å²) in [6.07, 6.45) is 5.25. The van der Waals surface area contributed by atoms with E-state index in [1.54, 1.807) is 35.7 Å². The average molecular weight is 501 g/mol. The molecule has 5 rings (SSSR count). The zero-order chi connectivity index (χ0) is 23.9. The summed E-state index contributed by atoms with van der Waals surface area (Å²) in [7, 11) is -1.97. The number of fused-ring (bicyclic) bond motifs is 3. The fourth-order valence-corrected chi connectivity index (χ4v) is 7.79. The van der Waals surface area contributed by atoms with E-state index < -0.39 is 10.0 Å². The number of nitrogens with zero attached hydrogens (tertiary/aromatic N) is 4. The number of sulfonamides is 1. The largest absolute Gasteiger partial charge is 0.497 e. The molecule has 1 aromatic carbocycles. The van der Waals surface area contributed by atoms with Crippen LogP contribution in [0.2, 0.25) is 0 Å². The third-order valence-corrected chi connectivity index (χ3v) is 9.95. The van der Waals surface area contributed by atoms with Crippen molar-refractivity contribution in [2.45, 2.75) is 50.8 Å². The first-order valence-electron chi connectivity index (χ1n) is 12.1. The highest BCUT2D eigenvalue weighted by Gasteiger charge is 2.31. The van der Waals surface area contributed by atoms with Gasteiger partial charge >= 0.3 is 0 Å². The lowest BCUT2D eigenvalue weighted by Crippen LogP contribution is -2.49. The van der Waals surface area contributed by atoms with Gasteiger partial charge in [0.1, 0.15) is 22.2 Å². The number of hydrogen-bond acceptors (Lipinski definition) is 7. The van der Waals surface area contributed by atoms with Gasteiger partial charge in [0.2, 0.25) is 10.0 Å². The van der Waals surface area contributed by atoms with Crippen LogP contribution in [-0.4, -0.2) is 56.0 Å². The van der Waals surface area contributed by atoms with Crippen molar-refractivity contribution in [2.75, 3.05) is 38.2 Å². The fraction of sp³-hybridized carbons (Fsp3) is 0.520. The molecule has 1 aliphatic carbocycles. The Morgan fingerprint density at radius 3 is 2.53 bits per heavy atom. The number of aryl methyl sites for hydroxylation is 2. The van der Waals surface area contributed by atoms with Crippen molar-refractivity contribution in [1.82, 2.24) is 14.3 Å². The highest BCUT2D eigenvalue weighted by Crippen LogP contribution is 2.41. The Bertz CT molecular complexity index is 1280. The zero-order valence-electron chi connectivity index (χ0n) is 20.1. The van der Waals surface area contributed by atoms with Gasteiger partial charge in [-0.15, -0.1) is 11.3 Å². The first-order valence-corrected chi connectivity index (χ1v) is 14.4. The normalized spacial score (nSPS) is 19.4. The molecule has 0 N–H and O–H groups in total. The molecule has 0 bridgehead atoms. The molecule has 9 heteroatoms. The number of anilines is 1. The molecule has 3 heterocycles. The Morgan fingerprint density at radius 1 is 1.12 bits per heavy atom. The van der Waals surface area contributed by atoms with Gasteiger partial charge < -0.3 is 9.64 Å². The molecule has 1 saturated heterocycles. The number of aromatic nitrogens is 2. The lowest BCUT2D eigenvalue weighted by molar-refractivity contribution is 0.383. The van der Waals surface area contributed by atoms with Crippen LogP contribution >= 0.6 is 11.3 Å². The molecule has 0 spiro atoms. The molecule has 34 heavy (non-hydrogen) atoms. The summed E-state index contributed by atoms with van der Waals surface area (Å²) in [6, 6.07) is 6.61. The maximum atomic E-state index is 13.2. The number of benzene rings is 1. The van der Waals surface area contributed by atoms with E-state index in [0.717, 1.165) is 42.2 Å². The molecule has 2 aromatic heterocycles. The minimum absolute atomic E-state index is 0.303. The summed E-state index contributed by atoms with van der Waals surface area (Å²) in [4.78, 5) is 15.1. The smallest absolute Gasteiger partial charge is 0.243 e. The molecular formula is C25H32N4O3S2. The van der Waals surface area contributed by atoms with Crippen molar-refractivity contribution in [3.05, 3.63) is 40.5 Å². The number of piperazine rings is 1. The molecule has 0 amide bonds. The zero-order valence-corrected chi connectivity index (χ0v) is 21.7. The predicted octanol–water partition coefficient (Wildman–Crippen LogP) is 4.29. The van der Waals surface area contributed by atoms with Gasteiger partial charge in [0.25, 0.3) is 0 Å². The number of rotatable bonds is 6. The van der Waals surface area contributed by atoms with Gasteiger partial charge in [0.05, 0.1) is 17.4 Å². The Labute approximate surface area is 205 Å². The van der Waals surface area contributed by atoms with Gasteiger partial charge in [0, 0.05) is 37.5 Å². The standard InChI is InChI=1S/C25H32N4O3S2/c1-4-5-22-26-24(23-20-11-6-17(2)16-21(20)33-25(23)27-22)28-12-14-29(15-13-28)34(30,31)19-9-7-18(32-3)8-10-19/h7-10,17H,4-6,11-16H2,1-3H3. The van der Waals surface area contributed by atoms with Gasteiger partial charge in [-0.05, 0) is 61.4 Å². The molecule has 7 nitrogen and oxygen atoms in total. The maximum absolute atomic E-state index is 13.2. The second kappa shape index (κ2) is 9.43. The Morgan fingerprint density at radius 2 is 1.85 bits per heavy atom. The minimum atomic E-state index is -3.54. The molecule has 2 aliphatic rings. The van der Waals surface area contributed by atoms with Crippen LogP contribution in [0.4, 0.5) is 5.82 Å². The summed E-state index contributed by atoms with van der Waals surface area (Å²) in [5.41, 5.74) is 1.42. The summed E-state index contributed by atoms with van der Waals surface area (Å²) in [5.74, 6) is 3.25. The van der Waals surface area contributed by atoms with Crippen LogP contribution in [0.25, 0.3) is 10.2 Å². The molecule has 1 aliphatic heterocycles. The maximum Gasteiger partial charge on any atom is 0.243 e. The molecular weight excluding hydrogens is 468 g/mol. The van der Waals surface area contributed by atoms with Crippen LogP contribution in [-0.2, 0) is 29.3 Å². The molecule has 1 atom stereocenters. The van der Waals surface area contributed by atoms with Gasteiger partial charge in [-0.3, -0.25) is 0 Å². The van der Waals surface area contributed by atoms with E-state index in [1.165, 1.54) is 22.2 Å². The van der Waals surface area contributed by atoms with Crippen molar-refractivity contribution in [1.29, 1.82) is 0 Å². The number of ether oxygens (including phenoxy) is 1. The van der Waals surface area contributed by atoms with Crippen LogP contribution < -0.4 is 9.64 Å². The fourth-order valence-electron chi connectivity index (χ4n) is 4.97. The summed E-state index contributed by atoms with van der Waals surface area (Å²) in [5, 5.41) is 1.21. The number of hydrogen-bond donors (Lipinski definition) is 0. The molecule has 1 fully saturated rings. The molecule has 0 saturated carbocycles. The number of methoxy groups -OCH3 is 1. The van der Waals surface area contributed by atoms with Gasteiger partial charge in [0.15, 0.2) is 0 Å². The Hall–Kier alpha value is -2.23. The monoisotopic (exact) mass is 500 g/mol. The highest BCUT2D eigenvalue weighted by atomic mass is 32.2. The SMILES string of the molecule is CCCc1nc(N2CCN(S(=O)(=O)c3ccc(OC)cc3)CC2)c2c3c(sc2n1)CC(C)CC3. The molecule has 1 unspecified atom stereocenters. The van der Waals surface area contributed by atoms with Crippen molar-refractivity contribution < 1.29 is 13.2 Å². The van der Waals surface area contributed by atoms with Crippen molar-refractivity contribution in [3.8, 4) is 5.75 Å². The molecule has 182 valence electrons. The van der Waals surface area contributed by atoms with Crippen LogP contribution in [0, 0.1) is 5.92 Å². The van der Waals surface area contributed by atoms with Gasteiger partial charge in [-0.25, -0.2) is 18.4 Å². The third kappa shape index (κ3) is 4.29. The van der Waals surface area contributed by atoms with Crippen LogP contribution in [0.15, 0.2) is 29.2 Å². The second-order valence-electron chi connectivity index (χ2n) is 9.31. The summed E-state index contributed by atoms with van der Waals surface area (Å²) in [6.45, 7) is 6.59. The van der Waals surface area contributed by atoms with Crippen LogP contribution in [0.3, 0.4) is 0 Å². The summed E-state index contributed by atoms with van der Waals surface area (Å²) < 4.78 is 33.2. The first kappa shape index (κ1) is 23.5. The van der Waals surface area contributed by atoms with E-state index >= 15 is 0 Å². The van der Waals surface area contributed by atoms with Crippen LogP contribution in [0.1, 0.15) is 43.0 Å². The third-order valence-electron chi connectivity index (χ3n) is 6.89. The lowest BCUT2D eigenvalue weighted by Gasteiger charge is -2.35. The van der Waals surface area contributed by atoms with Gasteiger partial charge in [-0.1, -0.05) is 13.8 Å². The summed E-state index contributed by atoms with van der Waals surface area (Å²) >= 11 is 1.83. The molecule has 0 radical (unpaired) electrons. The van der Waals surface area contributed by atoms with E-state index in [0.29, 0.717) is 42.7 Å². The van der Waals surface area contributed by atoms with E-state index in [1.807, 2.05) is 11.3 Å². The van der Waals surface area contributed by atoms with Crippen LogP contribution in [0.5, 0.6) is 5.75 Å². The Balaban J connectivity index is 1.43. The van der Waals surface area contributed by atoms with E-state index in [-0.39, 0.29) is 0 Å². The van der Waals surface area contributed by atoms with Crippen molar-refractivity contribution in [3.63, 3.8) is 0 Å². The number of thiophene rings is 1. The second-order valence-corrected chi connectivity index (χ2v) is 12.3. The average Bonchev–Trinajstić information content (AvgIpc) is 3.21.